The highest BCUT2D eigenvalue weighted by Crippen LogP contribution is 2.36. The molecule has 0 atom stereocenters. The van der Waals surface area contributed by atoms with E-state index >= 15 is 0 Å². The van der Waals surface area contributed by atoms with Gasteiger partial charge < -0.3 is 5.11 Å². The molecule has 1 aromatic rings. The number of aliphatic carboxylic acids is 1. The molecule has 8 heteroatoms. The van der Waals surface area contributed by atoms with Gasteiger partial charge >= 0.3 is 18.3 Å². The zero-order valence-electron chi connectivity index (χ0n) is 9.01. The Labute approximate surface area is 103 Å². The Morgan fingerprint density at radius 1 is 1.11 bits per heavy atom. The number of alkyl halides is 6. The molecule has 0 unspecified atom stereocenters. The van der Waals surface area contributed by atoms with Crippen LogP contribution in [0.2, 0.25) is 0 Å². The molecule has 0 amide bonds. The Balaban J connectivity index is 3.37. The number of rotatable bonds is 2. The van der Waals surface area contributed by atoms with Crippen LogP contribution in [0.4, 0.5) is 26.3 Å². The molecule has 0 aromatic heterocycles. The summed E-state index contributed by atoms with van der Waals surface area (Å²) in [5.74, 6) is -1.90. The van der Waals surface area contributed by atoms with Crippen molar-refractivity contribution in [3.63, 3.8) is 0 Å². The first-order valence-electron chi connectivity index (χ1n) is 4.71. The van der Waals surface area contributed by atoms with Crippen molar-refractivity contribution < 1.29 is 36.2 Å². The van der Waals surface area contributed by atoms with Crippen molar-refractivity contribution in [2.75, 3.05) is 0 Å². The molecule has 19 heavy (non-hydrogen) atoms. The van der Waals surface area contributed by atoms with Crippen LogP contribution in [0, 0.1) is 0 Å². The van der Waals surface area contributed by atoms with E-state index in [2.05, 4.69) is 0 Å². The van der Waals surface area contributed by atoms with Crippen molar-refractivity contribution in [2.24, 2.45) is 0 Å². The summed E-state index contributed by atoms with van der Waals surface area (Å²) in [6.07, 6.45) is -10.0. The van der Waals surface area contributed by atoms with Gasteiger partial charge in [0.1, 0.15) is 0 Å². The molecule has 1 rings (SSSR count). The van der Waals surface area contributed by atoms with E-state index in [0.29, 0.717) is 6.07 Å². The number of allylic oxidation sites excluding steroid dienone is 1. The van der Waals surface area contributed by atoms with E-state index in [4.69, 9.17) is 5.11 Å². The zero-order valence-corrected chi connectivity index (χ0v) is 9.01. The first-order chi connectivity index (χ1) is 8.51. The first-order valence-corrected chi connectivity index (χ1v) is 4.71. The van der Waals surface area contributed by atoms with Gasteiger partial charge in [0.2, 0.25) is 0 Å². The van der Waals surface area contributed by atoms with Crippen molar-refractivity contribution in [2.45, 2.75) is 12.4 Å². The molecule has 0 aliphatic rings. The molecule has 0 saturated heterocycles. The van der Waals surface area contributed by atoms with Gasteiger partial charge in [0.05, 0.1) is 11.1 Å². The van der Waals surface area contributed by atoms with Crippen LogP contribution in [-0.4, -0.2) is 17.3 Å². The van der Waals surface area contributed by atoms with E-state index in [0.717, 1.165) is 12.1 Å². The van der Waals surface area contributed by atoms with Crippen molar-refractivity contribution in [3.8, 4) is 0 Å². The topological polar surface area (TPSA) is 37.3 Å². The third kappa shape index (κ3) is 4.01. The van der Waals surface area contributed by atoms with Gasteiger partial charge in [0.25, 0.3) is 0 Å². The summed E-state index contributed by atoms with van der Waals surface area (Å²) >= 11 is 0. The lowest BCUT2D eigenvalue weighted by Gasteiger charge is -2.13. The van der Waals surface area contributed by atoms with Crippen molar-refractivity contribution >= 4 is 11.5 Å². The quantitative estimate of drug-likeness (QED) is 0.663. The van der Waals surface area contributed by atoms with E-state index in [1.165, 1.54) is 0 Å². The smallest absolute Gasteiger partial charge is 0.417 e. The monoisotopic (exact) mass is 284 g/mol. The summed E-state index contributed by atoms with van der Waals surface area (Å²) in [5, 5.41) is 8.34. The average Bonchev–Trinajstić information content (AvgIpc) is 2.23. The zero-order chi connectivity index (χ0) is 14.8. The maximum atomic E-state index is 12.6. The minimum absolute atomic E-state index is 0.171. The SMILES string of the molecule is O=C(O)/C=C(\c1cccc(C(F)(F)F)c1)C(F)(F)F. The lowest BCUT2D eigenvalue weighted by Crippen LogP contribution is -2.14. The Morgan fingerprint density at radius 3 is 2.11 bits per heavy atom. The molecule has 104 valence electrons. The highest BCUT2D eigenvalue weighted by Gasteiger charge is 2.37. The van der Waals surface area contributed by atoms with Gasteiger partial charge in [-0.15, -0.1) is 0 Å². The van der Waals surface area contributed by atoms with Gasteiger partial charge in [-0.25, -0.2) is 4.79 Å². The Morgan fingerprint density at radius 2 is 1.68 bits per heavy atom. The summed E-state index contributed by atoms with van der Waals surface area (Å²) in [6.45, 7) is 0. The predicted octanol–water partition coefficient (Wildman–Crippen LogP) is 3.74. The molecule has 1 N–H and O–H groups in total. The van der Waals surface area contributed by atoms with Gasteiger partial charge in [-0.05, 0) is 17.7 Å². The van der Waals surface area contributed by atoms with Crippen LogP contribution in [0.3, 0.4) is 0 Å². The Bertz CT molecular complexity index is 513. The highest BCUT2D eigenvalue weighted by atomic mass is 19.4. The van der Waals surface area contributed by atoms with Gasteiger partial charge in [-0.2, -0.15) is 26.3 Å². The number of halogens is 6. The van der Waals surface area contributed by atoms with E-state index in [1.54, 1.807) is 0 Å². The van der Waals surface area contributed by atoms with E-state index in [-0.39, 0.29) is 12.1 Å². The summed E-state index contributed by atoms with van der Waals surface area (Å²) in [6, 6.07) is 2.39. The number of hydrogen-bond acceptors (Lipinski definition) is 1. The fourth-order valence-electron chi connectivity index (χ4n) is 1.32. The van der Waals surface area contributed by atoms with Gasteiger partial charge in [0.15, 0.2) is 0 Å². The van der Waals surface area contributed by atoms with Crippen LogP contribution >= 0.6 is 0 Å². The van der Waals surface area contributed by atoms with Crippen LogP contribution in [0.15, 0.2) is 30.3 Å². The Hall–Kier alpha value is -1.99. The predicted molar refractivity (Wildman–Crippen MR) is 53.1 cm³/mol. The maximum absolute atomic E-state index is 12.6. The lowest BCUT2D eigenvalue weighted by atomic mass is 10.0. The van der Waals surface area contributed by atoms with Crippen molar-refractivity contribution in [1.29, 1.82) is 0 Å². The number of carbonyl (C=O) groups is 1. The maximum Gasteiger partial charge on any atom is 0.417 e. The van der Waals surface area contributed by atoms with Gasteiger partial charge in [-0.1, -0.05) is 12.1 Å². The molecule has 0 fully saturated rings. The van der Waals surface area contributed by atoms with Gasteiger partial charge in [-0.3, -0.25) is 0 Å². The van der Waals surface area contributed by atoms with Crippen LogP contribution < -0.4 is 0 Å². The second-order valence-corrected chi connectivity index (χ2v) is 3.47. The summed E-state index contributed by atoms with van der Waals surface area (Å²) in [4.78, 5) is 10.3. The van der Waals surface area contributed by atoms with Crippen LogP contribution in [0.5, 0.6) is 0 Å². The van der Waals surface area contributed by atoms with Crippen LogP contribution in [-0.2, 0) is 11.0 Å². The molecule has 0 saturated carbocycles. The molecule has 0 aliphatic carbocycles. The molecule has 0 bridgehead atoms. The minimum Gasteiger partial charge on any atom is -0.478 e. The van der Waals surface area contributed by atoms with E-state index in [9.17, 15) is 31.1 Å². The Kier molecular flexibility index (Phi) is 3.92. The normalized spacial score (nSPS) is 13.5. The molecular formula is C11H6F6O2. The van der Waals surface area contributed by atoms with E-state index in [1.807, 2.05) is 0 Å². The fourth-order valence-corrected chi connectivity index (χ4v) is 1.32. The van der Waals surface area contributed by atoms with Gasteiger partial charge in [0, 0.05) is 6.08 Å². The molecule has 0 heterocycles. The van der Waals surface area contributed by atoms with Crippen LogP contribution in [0.25, 0.3) is 5.57 Å². The summed E-state index contributed by atoms with van der Waals surface area (Å²) < 4.78 is 74.9. The average molecular weight is 284 g/mol. The standard InChI is InChI=1S/C11H6F6O2/c12-10(13,14)7-3-1-2-6(4-7)8(5-9(18)19)11(15,16)17/h1-5H,(H,18,19)/b8-5+. The molecule has 0 radical (unpaired) electrons. The first kappa shape index (κ1) is 15.1. The largest absolute Gasteiger partial charge is 0.478 e. The molecule has 0 spiro atoms. The number of carboxylic acid groups (broad SMARTS) is 1. The molecule has 0 aliphatic heterocycles. The second-order valence-electron chi connectivity index (χ2n) is 3.47. The van der Waals surface area contributed by atoms with Crippen molar-refractivity contribution in [3.05, 3.63) is 41.5 Å². The summed E-state index contributed by atoms with van der Waals surface area (Å²) in [5.41, 5.74) is -3.79. The summed E-state index contributed by atoms with van der Waals surface area (Å²) in [7, 11) is 0. The van der Waals surface area contributed by atoms with Crippen LogP contribution in [0.1, 0.15) is 11.1 Å². The third-order valence-corrected chi connectivity index (χ3v) is 2.07. The second kappa shape index (κ2) is 4.94. The number of benzene rings is 1. The van der Waals surface area contributed by atoms with Crippen molar-refractivity contribution in [1.82, 2.24) is 0 Å². The molecular weight excluding hydrogens is 278 g/mol. The lowest BCUT2D eigenvalue weighted by molar-refractivity contribution is -0.137. The minimum atomic E-state index is -5.07. The van der Waals surface area contributed by atoms with E-state index < -0.39 is 35.0 Å². The molecule has 2 nitrogen and oxygen atoms in total. The number of carboxylic acids is 1. The number of hydrogen-bond donors (Lipinski definition) is 1. The fraction of sp³-hybridized carbons (Fsp3) is 0.182. The third-order valence-electron chi connectivity index (χ3n) is 2.07. The molecule has 1 aromatic carbocycles. The highest BCUT2D eigenvalue weighted by molar-refractivity contribution is 5.91.